The Morgan fingerprint density at radius 1 is 1.21 bits per heavy atom. The maximum absolute atomic E-state index is 12.2. The van der Waals surface area contributed by atoms with Crippen LogP contribution in [0.5, 0.6) is 5.75 Å². The number of nitrogens with one attached hydrogen (secondary N) is 2. The van der Waals surface area contributed by atoms with Crippen LogP contribution < -0.4 is 15.4 Å². The molecule has 24 heavy (non-hydrogen) atoms. The van der Waals surface area contributed by atoms with Gasteiger partial charge in [0.05, 0.1) is 22.8 Å². The van der Waals surface area contributed by atoms with Gasteiger partial charge in [-0.2, -0.15) is 0 Å². The summed E-state index contributed by atoms with van der Waals surface area (Å²) in [4.78, 5) is 22.4. The first-order valence-corrected chi connectivity index (χ1v) is 9.36. The van der Waals surface area contributed by atoms with E-state index in [9.17, 15) is 18.0 Å². The molecule has 9 heteroatoms. The van der Waals surface area contributed by atoms with Gasteiger partial charge in [0.2, 0.25) is 11.8 Å². The fraction of sp³-hybridized carbons (Fsp3) is 0.467. The van der Waals surface area contributed by atoms with Crippen molar-refractivity contribution >= 4 is 33.3 Å². The van der Waals surface area contributed by atoms with E-state index >= 15 is 0 Å². The molecule has 0 unspecified atom stereocenters. The summed E-state index contributed by atoms with van der Waals surface area (Å²) < 4.78 is 29.4. The molecular weight excluding hydrogens is 356 g/mol. The van der Waals surface area contributed by atoms with Crippen LogP contribution in [-0.2, 0) is 19.4 Å². The Morgan fingerprint density at radius 2 is 1.88 bits per heavy atom. The Hall–Kier alpha value is -1.80. The van der Waals surface area contributed by atoms with Gasteiger partial charge in [-0.25, -0.2) is 8.42 Å². The maximum atomic E-state index is 12.2. The van der Waals surface area contributed by atoms with Crippen molar-refractivity contribution < 1.29 is 22.7 Å². The van der Waals surface area contributed by atoms with Crippen molar-refractivity contribution in [3.05, 3.63) is 23.2 Å². The van der Waals surface area contributed by atoms with Crippen LogP contribution in [0.3, 0.4) is 0 Å². The van der Waals surface area contributed by atoms with Gasteiger partial charge in [-0.15, -0.1) is 0 Å². The van der Waals surface area contributed by atoms with Crippen molar-refractivity contribution in [1.29, 1.82) is 0 Å². The van der Waals surface area contributed by atoms with Gasteiger partial charge < -0.3 is 15.4 Å². The van der Waals surface area contributed by atoms with Gasteiger partial charge in [0.25, 0.3) is 0 Å². The van der Waals surface area contributed by atoms with E-state index in [1.165, 1.54) is 32.2 Å². The highest BCUT2D eigenvalue weighted by atomic mass is 35.5. The van der Waals surface area contributed by atoms with E-state index in [1.54, 1.807) is 0 Å². The molecule has 0 heterocycles. The van der Waals surface area contributed by atoms with Crippen molar-refractivity contribution in [2.45, 2.75) is 24.7 Å². The van der Waals surface area contributed by atoms with E-state index in [0.29, 0.717) is 25.3 Å². The SMILES string of the molecule is COc1ccc(S(=O)(=O)CCC(=O)NCCCNC(C)=O)cc1Cl. The summed E-state index contributed by atoms with van der Waals surface area (Å²) >= 11 is 5.92. The van der Waals surface area contributed by atoms with Gasteiger partial charge in [-0.05, 0) is 24.6 Å². The van der Waals surface area contributed by atoms with E-state index in [2.05, 4.69) is 10.6 Å². The molecule has 1 rings (SSSR count). The number of amides is 2. The lowest BCUT2D eigenvalue weighted by atomic mass is 10.3. The number of benzene rings is 1. The van der Waals surface area contributed by atoms with Crippen LogP contribution >= 0.6 is 11.6 Å². The molecule has 1 aromatic rings. The minimum atomic E-state index is -3.61. The van der Waals surface area contributed by atoms with Gasteiger partial charge in [0.15, 0.2) is 9.84 Å². The van der Waals surface area contributed by atoms with Crippen LogP contribution in [0.2, 0.25) is 5.02 Å². The molecule has 0 saturated carbocycles. The van der Waals surface area contributed by atoms with Crippen LogP contribution in [0.25, 0.3) is 0 Å². The van der Waals surface area contributed by atoms with Gasteiger partial charge >= 0.3 is 0 Å². The Morgan fingerprint density at radius 3 is 2.46 bits per heavy atom. The topological polar surface area (TPSA) is 102 Å². The average molecular weight is 377 g/mol. The lowest BCUT2D eigenvalue weighted by molar-refractivity contribution is -0.120. The number of hydrogen-bond acceptors (Lipinski definition) is 5. The van der Waals surface area contributed by atoms with Crippen LogP contribution in [0, 0.1) is 0 Å². The zero-order chi connectivity index (χ0) is 18.2. The molecule has 0 aliphatic carbocycles. The first-order valence-electron chi connectivity index (χ1n) is 7.33. The second kappa shape index (κ2) is 9.48. The summed E-state index contributed by atoms with van der Waals surface area (Å²) in [5.74, 6) is -0.424. The molecule has 1 aromatic carbocycles. The highest BCUT2D eigenvalue weighted by Crippen LogP contribution is 2.27. The summed E-state index contributed by atoms with van der Waals surface area (Å²) in [7, 11) is -2.17. The number of sulfone groups is 1. The molecule has 0 aliphatic rings. The fourth-order valence-electron chi connectivity index (χ4n) is 1.85. The van der Waals surface area contributed by atoms with Crippen molar-refractivity contribution in [3.8, 4) is 5.75 Å². The van der Waals surface area contributed by atoms with Crippen molar-refractivity contribution in [2.75, 3.05) is 26.0 Å². The summed E-state index contributed by atoms with van der Waals surface area (Å²) in [5, 5.41) is 5.41. The molecule has 0 atom stereocenters. The fourth-order valence-corrected chi connectivity index (χ4v) is 3.44. The predicted octanol–water partition coefficient (Wildman–Crippen LogP) is 1.15. The van der Waals surface area contributed by atoms with E-state index in [-0.39, 0.29) is 33.9 Å². The Kier molecular flexibility index (Phi) is 8.00. The number of rotatable bonds is 9. The minimum absolute atomic E-state index is 0.0479. The number of ether oxygens (including phenoxy) is 1. The molecule has 134 valence electrons. The third kappa shape index (κ3) is 6.76. The van der Waals surface area contributed by atoms with Crippen LogP contribution in [0.1, 0.15) is 19.8 Å². The maximum Gasteiger partial charge on any atom is 0.221 e. The third-order valence-electron chi connectivity index (χ3n) is 3.13. The molecule has 0 fully saturated rings. The van der Waals surface area contributed by atoms with E-state index in [1.807, 2.05) is 0 Å². The molecule has 7 nitrogen and oxygen atoms in total. The first-order chi connectivity index (χ1) is 11.3. The molecule has 0 radical (unpaired) electrons. The normalized spacial score (nSPS) is 11.0. The molecule has 2 amide bonds. The molecule has 0 aliphatic heterocycles. The van der Waals surface area contributed by atoms with Crippen molar-refractivity contribution in [2.24, 2.45) is 0 Å². The van der Waals surface area contributed by atoms with Crippen LogP contribution in [0.4, 0.5) is 0 Å². The van der Waals surface area contributed by atoms with Crippen molar-refractivity contribution in [3.63, 3.8) is 0 Å². The van der Waals surface area contributed by atoms with Crippen LogP contribution in [-0.4, -0.2) is 46.2 Å². The van der Waals surface area contributed by atoms with Gasteiger partial charge in [-0.1, -0.05) is 11.6 Å². The number of hydrogen-bond donors (Lipinski definition) is 2. The molecule has 0 saturated heterocycles. The smallest absolute Gasteiger partial charge is 0.221 e. The minimum Gasteiger partial charge on any atom is -0.495 e. The van der Waals surface area contributed by atoms with Gasteiger partial charge in [0, 0.05) is 26.4 Å². The largest absolute Gasteiger partial charge is 0.495 e. The summed E-state index contributed by atoms with van der Waals surface area (Å²) in [6.45, 7) is 2.24. The monoisotopic (exact) mass is 376 g/mol. The van der Waals surface area contributed by atoms with E-state index in [4.69, 9.17) is 16.3 Å². The highest BCUT2D eigenvalue weighted by molar-refractivity contribution is 7.91. The standard InChI is InChI=1S/C15H21ClN2O5S/c1-11(19)17-7-3-8-18-15(20)6-9-24(21,22)12-4-5-14(23-2)13(16)10-12/h4-5,10H,3,6-9H2,1-2H3,(H,17,19)(H,18,20). The molecule has 0 aromatic heterocycles. The Balaban J connectivity index is 2.46. The average Bonchev–Trinajstić information content (AvgIpc) is 2.52. The number of carbonyl (C=O) groups is 2. The molecular formula is C15H21ClN2O5S. The van der Waals surface area contributed by atoms with Crippen molar-refractivity contribution in [1.82, 2.24) is 10.6 Å². The number of halogens is 1. The van der Waals surface area contributed by atoms with Gasteiger partial charge in [-0.3, -0.25) is 9.59 Å². The third-order valence-corrected chi connectivity index (χ3v) is 5.14. The molecule has 2 N–H and O–H groups in total. The van der Waals surface area contributed by atoms with Crippen LogP contribution in [0.15, 0.2) is 23.1 Å². The number of methoxy groups -OCH3 is 1. The van der Waals surface area contributed by atoms with Gasteiger partial charge in [0.1, 0.15) is 5.75 Å². The zero-order valence-electron chi connectivity index (χ0n) is 13.6. The summed E-state index contributed by atoms with van der Waals surface area (Å²) in [6.07, 6.45) is 0.429. The van der Waals surface area contributed by atoms with E-state index < -0.39 is 9.84 Å². The lowest BCUT2D eigenvalue weighted by Gasteiger charge is -2.08. The predicted molar refractivity (Wildman–Crippen MR) is 91.0 cm³/mol. The number of carbonyl (C=O) groups excluding carboxylic acids is 2. The second-order valence-corrected chi connectivity index (χ2v) is 7.57. The Labute approximate surface area is 146 Å². The summed E-state index contributed by atoms with van der Waals surface area (Å²) in [6, 6.07) is 4.17. The Bertz CT molecular complexity index is 691. The first kappa shape index (κ1) is 20.2. The second-order valence-electron chi connectivity index (χ2n) is 5.05. The van der Waals surface area contributed by atoms with E-state index in [0.717, 1.165) is 0 Å². The quantitative estimate of drug-likeness (QED) is 0.629. The molecule has 0 spiro atoms. The lowest BCUT2D eigenvalue weighted by Crippen LogP contribution is -2.29. The molecule has 0 bridgehead atoms. The summed E-state index contributed by atoms with van der Waals surface area (Å²) in [5.41, 5.74) is 0. The zero-order valence-corrected chi connectivity index (χ0v) is 15.2. The highest BCUT2D eigenvalue weighted by Gasteiger charge is 2.18.